The van der Waals surface area contributed by atoms with Crippen molar-refractivity contribution < 1.29 is 9.59 Å². The number of aromatic nitrogens is 4. The number of ketones is 2. The van der Waals surface area contributed by atoms with E-state index in [1.165, 1.54) is 56.9 Å². The van der Waals surface area contributed by atoms with Gasteiger partial charge in [-0.05, 0) is 49.2 Å². The summed E-state index contributed by atoms with van der Waals surface area (Å²) < 4.78 is 0. The van der Waals surface area contributed by atoms with Crippen molar-refractivity contribution in [2.75, 3.05) is 0 Å². The zero-order valence-electron chi connectivity index (χ0n) is 25.7. The first kappa shape index (κ1) is 29.5. The molecule has 0 spiro atoms. The first-order valence-corrected chi connectivity index (χ1v) is 14.9. The lowest BCUT2D eigenvalue weighted by atomic mass is 9.99. The Balaban J connectivity index is 0.000000132. The van der Waals surface area contributed by atoms with E-state index in [1.807, 2.05) is 26.2 Å². The Morgan fingerprint density at radius 1 is 0.444 bits per heavy atom. The molecule has 0 N–H and O–H groups in total. The van der Waals surface area contributed by atoms with Crippen LogP contribution in [0.2, 0.25) is 0 Å². The molecule has 0 amide bonds. The van der Waals surface area contributed by atoms with Gasteiger partial charge in [-0.15, -0.1) is 0 Å². The fourth-order valence-electron chi connectivity index (χ4n) is 5.77. The van der Waals surface area contributed by atoms with Gasteiger partial charge in [-0.25, -0.2) is 9.97 Å². The molecule has 6 aromatic carbocycles. The van der Waals surface area contributed by atoms with Gasteiger partial charge in [0.1, 0.15) is 11.6 Å². The summed E-state index contributed by atoms with van der Waals surface area (Å²) in [7, 11) is 0. The number of rotatable bonds is 2. The first-order chi connectivity index (χ1) is 21.8. The Bertz CT molecular complexity index is 2160. The van der Waals surface area contributed by atoms with E-state index in [1.54, 1.807) is 0 Å². The number of benzene rings is 6. The highest BCUT2D eigenvalue weighted by molar-refractivity contribution is 6.24. The number of fused-ring (bicyclic) bond motifs is 12. The molecule has 0 atom stereocenters. The Morgan fingerprint density at radius 2 is 0.711 bits per heavy atom. The SMILES string of the molecule is CC(=O)CC(C)=O.Cc1cnc2c3ccccc3c3ccccc3c2n1.Cc1cnc2c3ccccc3c3ccccc3c2n1. The van der Waals surface area contributed by atoms with Crippen LogP contribution >= 0.6 is 0 Å². The van der Waals surface area contributed by atoms with Crippen molar-refractivity contribution in [3.63, 3.8) is 0 Å². The number of aryl methyl sites for hydroxylation is 2. The minimum absolute atomic E-state index is 0.0625. The van der Waals surface area contributed by atoms with E-state index in [-0.39, 0.29) is 18.0 Å². The maximum atomic E-state index is 10.0. The molecule has 6 heteroatoms. The average Bonchev–Trinajstić information content (AvgIpc) is 3.05. The smallest absolute Gasteiger partial charge is 0.137 e. The minimum atomic E-state index is -0.0625. The van der Waals surface area contributed by atoms with Crippen LogP contribution in [0.3, 0.4) is 0 Å². The van der Waals surface area contributed by atoms with Crippen molar-refractivity contribution in [1.29, 1.82) is 0 Å². The van der Waals surface area contributed by atoms with Crippen LogP contribution in [0.25, 0.3) is 65.2 Å². The summed E-state index contributed by atoms with van der Waals surface area (Å²) in [6.07, 6.45) is 3.76. The maximum absolute atomic E-state index is 10.0. The van der Waals surface area contributed by atoms with Crippen molar-refractivity contribution in [3.8, 4) is 0 Å². The molecule has 0 aliphatic carbocycles. The number of Topliss-reactive ketones (excluding diaryl/α,β-unsaturated/α-hetero) is 2. The highest BCUT2D eigenvalue weighted by atomic mass is 16.1. The van der Waals surface area contributed by atoms with Gasteiger partial charge in [0.25, 0.3) is 0 Å². The van der Waals surface area contributed by atoms with E-state index in [4.69, 9.17) is 9.97 Å². The number of carbonyl (C=O) groups excluding carboxylic acids is 2. The van der Waals surface area contributed by atoms with Crippen LogP contribution in [0.1, 0.15) is 31.7 Å². The standard InChI is InChI=1S/2C17H12N2.C5H8O2/c2*1-11-10-18-16-14-8-4-2-6-12(14)13-7-3-5-9-15(13)17(16)19-11;1-4(6)3-5(2)7/h2*2-10H,1H3;3H2,1-2H3. The number of hydrogen-bond acceptors (Lipinski definition) is 6. The zero-order chi connectivity index (χ0) is 31.5. The van der Waals surface area contributed by atoms with Gasteiger partial charge in [-0.1, -0.05) is 97.1 Å². The normalized spacial score (nSPS) is 10.9. The molecule has 45 heavy (non-hydrogen) atoms. The number of carbonyl (C=O) groups is 2. The van der Waals surface area contributed by atoms with Gasteiger partial charge in [0, 0.05) is 33.9 Å². The maximum Gasteiger partial charge on any atom is 0.137 e. The molecule has 0 radical (unpaired) electrons. The summed E-state index contributed by atoms with van der Waals surface area (Å²) in [4.78, 5) is 38.6. The third-order valence-corrected chi connectivity index (χ3v) is 7.59. The van der Waals surface area contributed by atoms with E-state index in [0.717, 1.165) is 33.5 Å². The molecule has 220 valence electrons. The van der Waals surface area contributed by atoms with Crippen LogP contribution < -0.4 is 0 Å². The van der Waals surface area contributed by atoms with E-state index in [0.29, 0.717) is 0 Å². The van der Waals surface area contributed by atoms with Crippen molar-refractivity contribution in [3.05, 3.63) is 121 Å². The summed E-state index contributed by atoms with van der Waals surface area (Å²) in [6, 6.07) is 33.6. The van der Waals surface area contributed by atoms with Crippen molar-refractivity contribution in [1.82, 2.24) is 19.9 Å². The summed E-state index contributed by atoms with van der Waals surface area (Å²) in [5.41, 5.74) is 5.87. The van der Waals surface area contributed by atoms with Gasteiger partial charge in [0.15, 0.2) is 0 Å². The molecule has 0 unspecified atom stereocenters. The van der Waals surface area contributed by atoms with Crippen LogP contribution in [0.4, 0.5) is 0 Å². The third kappa shape index (κ3) is 5.95. The minimum Gasteiger partial charge on any atom is -0.300 e. The molecule has 0 saturated heterocycles. The second-order valence-electron chi connectivity index (χ2n) is 11.2. The topological polar surface area (TPSA) is 85.7 Å². The van der Waals surface area contributed by atoms with Crippen molar-refractivity contribution >= 4 is 76.7 Å². The molecule has 0 aliphatic rings. The molecule has 0 fully saturated rings. The van der Waals surface area contributed by atoms with E-state index in [9.17, 15) is 9.59 Å². The van der Waals surface area contributed by atoms with Gasteiger partial charge >= 0.3 is 0 Å². The van der Waals surface area contributed by atoms with Gasteiger partial charge in [0.05, 0.1) is 39.9 Å². The Kier molecular flexibility index (Phi) is 8.21. The third-order valence-electron chi connectivity index (χ3n) is 7.59. The molecule has 8 aromatic rings. The molecule has 6 nitrogen and oxygen atoms in total. The lowest BCUT2D eigenvalue weighted by molar-refractivity contribution is -0.124. The van der Waals surface area contributed by atoms with Crippen LogP contribution in [0.15, 0.2) is 109 Å². The predicted molar refractivity (Wildman–Crippen MR) is 185 cm³/mol. The van der Waals surface area contributed by atoms with Gasteiger partial charge in [-0.2, -0.15) is 0 Å². The summed E-state index contributed by atoms with van der Waals surface area (Å²) >= 11 is 0. The highest BCUT2D eigenvalue weighted by Gasteiger charge is 2.11. The zero-order valence-corrected chi connectivity index (χ0v) is 25.7. The molecular formula is C39H32N4O2. The summed E-state index contributed by atoms with van der Waals surface area (Å²) in [5, 5.41) is 9.65. The van der Waals surface area contributed by atoms with Crippen molar-refractivity contribution in [2.24, 2.45) is 0 Å². The summed E-state index contributed by atoms with van der Waals surface area (Å²) in [6.45, 7) is 6.77. The highest BCUT2D eigenvalue weighted by Crippen LogP contribution is 2.33. The van der Waals surface area contributed by atoms with Gasteiger partial charge in [0.2, 0.25) is 0 Å². The Labute approximate surface area is 260 Å². The average molecular weight is 589 g/mol. The molecule has 0 aliphatic heterocycles. The molecule has 2 heterocycles. The largest absolute Gasteiger partial charge is 0.300 e. The van der Waals surface area contributed by atoms with Gasteiger partial charge in [-0.3, -0.25) is 19.6 Å². The molecule has 2 aromatic heterocycles. The molecule has 8 rings (SSSR count). The number of nitrogens with zero attached hydrogens (tertiary/aromatic N) is 4. The first-order valence-electron chi connectivity index (χ1n) is 14.9. The predicted octanol–water partition coefficient (Wildman–Crippen LogP) is 9.04. The van der Waals surface area contributed by atoms with Crippen LogP contribution in [-0.2, 0) is 9.59 Å². The summed E-state index contributed by atoms with van der Waals surface area (Å²) in [5.74, 6) is -0.125. The molecule has 0 bridgehead atoms. The Morgan fingerprint density at radius 3 is 0.978 bits per heavy atom. The lowest BCUT2D eigenvalue weighted by Gasteiger charge is -2.08. The quantitative estimate of drug-likeness (QED) is 0.148. The molecule has 0 saturated carbocycles. The second-order valence-corrected chi connectivity index (χ2v) is 11.2. The van der Waals surface area contributed by atoms with Crippen LogP contribution in [0.5, 0.6) is 0 Å². The van der Waals surface area contributed by atoms with E-state index in [2.05, 4.69) is 107 Å². The molecular weight excluding hydrogens is 556 g/mol. The van der Waals surface area contributed by atoms with Crippen LogP contribution in [0, 0.1) is 13.8 Å². The monoisotopic (exact) mass is 588 g/mol. The van der Waals surface area contributed by atoms with E-state index < -0.39 is 0 Å². The lowest BCUT2D eigenvalue weighted by Crippen LogP contribution is -1.97. The second kappa shape index (κ2) is 12.5. The number of hydrogen-bond donors (Lipinski definition) is 0. The van der Waals surface area contributed by atoms with Crippen LogP contribution in [-0.4, -0.2) is 31.5 Å². The fraction of sp³-hybridized carbons (Fsp3) is 0.128. The van der Waals surface area contributed by atoms with E-state index >= 15 is 0 Å². The van der Waals surface area contributed by atoms with Gasteiger partial charge < -0.3 is 0 Å². The van der Waals surface area contributed by atoms with Crippen molar-refractivity contribution in [2.45, 2.75) is 34.1 Å². The Hall–Kier alpha value is -5.62. The fourth-order valence-corrected chi connectivity index (χ4v) is 5.77.